The number of halogens is 4. The average Bonchev–Trinajstić information content (AvgIpc) is 2.25. The third kappa shape index (κ3) is 3.39. The van der Waals surface area contributed by atoms with Crippen LogP contribution in [0.3, 0.4) is 0 Å². The lowest BCUT2D eigenvalue weighted by Gasteiger charge is -2.11. The zero-order valence-electron chi connectivity index (χ0n) is 8.93. The Balaban J connectivity index is 3.31. The van der Waals surface area contributed by atoms with Gasteiger partial charge in [0.05, 0.1) is 13.0 Å². The first-order valence-electron chi connectivity index (χ1n) is 4.44. The van der Waals surface area contributed by atoms with E-state index in [0.717, 1.165) is 7.11 Å². The van der Waals surface area contributed by atoms with E-state index in [9.17, 15) is 22.8 Å². The Bertz CT molecular complexity index is 512. The SMILES string of the molecule is COC(=O)c1[nH]c(OC(F)(F)F)cc(=O)c1CCl. The van der Waals surface area contributed by atoms with Gasteiger partial charge in [0.25, 0.3) is 0 Å². The van der Waals surface area contributed by atoms with Gasteiger partial charge in [0, 0.05) is 11.6 Å². The second-order valence-corrected chi connectivity index (χ2v) is 3.29. The van der Waals surface area contributed by atoms with Crippen LogP contribution in [0.1, 0.15) is 16.1 Å². The fraction of sp³-hybridized carbons (Fsp3) is 0.333. The van der Waals surface area contributed by atoms with Crippen LogP contribution in [0.15, 0.2) is 10.9 Å². The number of methoxy groups -OCH3 is 1. The lowest BCUT2D eigenvalue weighted by molar-refractivity contribution is -0.276. The first-order chi connectivity index (χ1) is 8.28. The van der Waals surface area contributed by atoms with Gasteiger partial charge in [-0.15, -0.1) is 24.8 Å². The normalized spacial score (nSPS) is 11.2. The highest BCUT2D eigenvalue weighted by atomic mass is 35.5. The molecule has 1 heterocycles. The molecule has 0 atom stereocenters. The third-order valence-electron chi connectivity index (χ3n) is 1.86. The summed E-state index contributed by atoms with van der Waals surface area (Å²) in [7, 11) is 1.01. The smallest absolute Gasteiger partial charge is 0.464 e. The van der Waals surface area contributed by atoms with Gasteiger partial charge in [-0.2, -0.15) is 0 Å². The topological polar surface area (TPSA) is 68.4 Å². The molecule has 0 bridgehead atoms. The number of ether oxygens (including phenoxy) is 2. The number of esters is 1. The van der Waals surface area contributed by atoms with E-state index in [1.165, 1.54) is 0 Å². The second kappa shape index (κ2) is 5.30. The Kier molecular flexibility index (Phi) is 4.23. The molecule has 18 heavy (non-hydrogen) atoms. The summed E-state index contributed by atoms with van der Waals surface area (Å²) in [5, 5.41) is 0. The summed E-state index contributed by atoms with van der Waals surface area (Å²) in [5.74, 6) is -2.29. The molecule has 0 aromatic carbocycles. The summed E-state index contributed by atoms with van der Waals surface area (Å²) >= 11 is 5.43. The van der Waals surface area contributed by atoms with Crippen molar-refractivity contribution in [1.82, 2.24) is 4.98 Å². The lowest BCUT2D eigenvalue weighted by atomic mass is 10.2. The number of pyridine rings is 1. The summed E-state index contributed by atoms with van der Waals surface area (Å²) in [5.41, 5.74) is -1.53. The van der Waals surface area contributed by atoms with E-state index in [0.29, 0.717) is 6.07 Å². The largest absolute Gasteiger partial charge is 0.574 e. The first-order valence-corrected chi connectivity index (χ1v) is 4.98. The molecule has 0 unspecified atom stereocenters. The Morgan fingerprint density at radius 1 is 1.50 bits per heavy atom. The van der Waals surface area contributed by atoms with E-state index in [4.69, 9.17) is 11.6 Å². The summed E-state index contributed by atoms with van der Waals surface area (Å²) in [6.07, 6.45) is -4.99. The van der Waals surface area contributed by atoms with Crippen molar-refractivity contribution in [2.24, 2.45) is 0 Å². The molecule has 0 aliphatic carbocycles. The van der Waals surface area contributed by atoms with Crippen molar-refractivity contribution in [3.05, 3.63) is 27.5 Å². The van der Waals surface area contributed by atoms with E-state index in [2.05, 4.69) is 9.47 Å². The van der Waals surface area contributed by atoms with Crippen LogP contribution in [-0.4, -0.2) is 24.4 Å². The number of nitrogens with one attached hydrogen (secondary N) is 1. The predicted molar refractivity (Wildman–Crippen MR) is 54.6 cm³/mol. The van der Waals surface area contributed by atoms with Crippen molar-refractivity contribution in [1.29, 1.82) is 0 Å². The van der Waals surface area contributed by atoms with Crippen LogP contribution >= 0.6 is 11.6 Å². The highest BCUT2D eigenvalue weighted by molar-refractivity contribution is 6.17. The molecule has 0 amide bonds. The van der Waals surface area contributed by atoms with Crippen LogP contribution < -0.4 is 10.2 Å². The Hall–Kier alpha value is -1.70. The number of rotatable bonds is 3. The van der Waals surface area contributed by atoms with Gasteiger partial charge in [-0.3, -0.25) is 4.79 Å². The number of alkyl halides is 4. The van der Waals surface area contributed by atoms with Crippen molar-refractivity contribution in [2.75, 3.05) is 7.11 Å². The molecule has 0 saturated heterocycles. The van der Waals surface area contributed by atoms with Gasteiger partial charge >= 0.3 is 12.3 Å². The third-order valence-corrected chi connectivity index (χ3v) is 2.13. The van der Waals surface area contributed by atoms with Gasteiger partial charge in [-0.1, -0.05) is 0 Å². The minimum absolute atomic E-state index is 0.196. The van der Waals surface area contributed by atoms with Crippen molar-refractivity contribution in [2.45, 2.75) is 12.2 Å². The minimum Gasteiger partial charge on any atom is -0.464 e. The fourth-order valence-electron chi connectivity index (χ4n) is 1.15. The van der Waals surface area contributed by atoms with Gasteiger partial charge in [0.2, 0.25) is 5.88 Å². The molecule has 0 aliphatic heterocycles. The zero-order chi connectivity index (χ0) is 13.9. The Morgan fingerprint density at radius 3 is 2.56 bits per heavy atom. The average molecular weight is 286 g/mol. The van der Waals surface area contributed by atoms with Gasteiger partial charge in [0.1, 0.15) is 5.69 Å². The zero-order valence-corrected chi connectivity index (χ0v) is 9.69. The number of hydrogen-bond donors (Lipinski definition) is 1. The number of aromatic amines is 1. The van der Waals surface area contributed by atoms with Gasteiger partial charge < -0.3 is 14.5 Å². The number of H-pyrrole nitrogens is 1. The van der Waals surface area contributed by atoms with Crippen LogP contribution in [-0.2, 0) is 10.6 Å². The van der Waals surface area contributed by atoms with Gasteiger partial charge in [-0.05, 0) is 0 Å². The quantitative estimate of drug-likeness (QED) is 0.679. The van der Waals surface area contributed by atoms with Crippen molar-refractivity contribution >= 4 is 17.6 Å². The summed E-state index contributed by atoms with van der Waals surface area (Å²) < 4.78 is 43.8. The van der Waals surface area contributed by atoms with Gasteiger partial charge in [-0.25, -0.2) is 4.79 Å². The second-order valence-electron chi connectivity index (χ2n) is 3.02. The molecule has 0 saturated carbocycles. The van der Waals surface area contributed by atoms with E-state index in [1.807, 2.05) is 4.98 Å². The highest BCUT2D eigenvalue weighted by Gasteiger charge is 2.32. The van der Waals surface area contributed by atoms with Crippen molar-refractivity contribution in [3.8, 4) is 5.88 Å². The molecule has 100 valence electrons. The minimum atomic E-state index is -4.99. The van der Waals surface area contributed by atoms with E-state index >= 15 is 0 Å². The molecule has 0 aliphatic rings. The van der Waals surface area contributed by atoms with Crippen LogP contribution in [0.4, 0.5) is 13.2 Å². The number of aromatic nitrogens is 1. The summed E-state index contributed by atoms with van der Waals surface area (Å²) in [6, 6.07) is 0.553. The molecule has 1 rings (SSSR count). The molecule has 0 radical (unpaired) electrons. The fourth-order valence-corrected chi connectivity index (χ4v) is 1.42. The van der Waals surface area contributed by atoms with E-state index < -0.39 is 29.3 Å². The number of carbonyl (C=O) groups excluding carboxylic acids is 1. The maximum Gasteiger partial charge on any atom is 0.574 e. The van der Waals surface area contributed by atoms with E-state index in [1.54, 1.807) is 0 Å². The number of hydrogen-bond acceptors (Lipinski definition) is 4. The van der Waals surface area contributed by atoms with Gasteiger partial charge in [0.15, 0.2) is 5.43 Å². The highest BCUT2D eigenvalue weighted by Crippen LogP contribution is 2.21. The molecule has 9 heteroatoms. The van der Waals surface area contributed by atoms with Crippen LogP contribution in [0, 0.1) is 0 Å². The van der Waals surface area contributed by atoms with Crippen molar-refractivity contribution < 1.29 is 27.4 Å². The molecular weight excluding hydrogens is 279 g/mol. The summed E-state index contributed by atoms with van der Waals surface area (Å²) in [4.78, 5) is 24.7. The molecular formula is C9H7ClF3NO4. The Morgan fingerprint density at radius 2 is 2.11 bits per heavy atom. The summed E-state index contributed by atoms with van der Waals surface area (Å²) in [6.45, 7) is 0. The lowest BCUT2D eigenvalue weighted by Crippen LogP contribution is -2.23. The maximum absolute atomic E-state index is 12.0. The van der Waals surface area contributed by atoms with Crippen LogP contribution in [0.25, 0.3) is 0 Å². The van der Waals surface area contributed by atoms with Crippen molar-refractivity contribution in [3.63, 3.8) is 0 Å². The van der Waals surface area contributed by atoms with Crippen LogP contribution in [0.2, 0.25) is 0 Å². The van der Waals surface area contributed by atoms with Crippen LogP contribution in [0.5, 0.6) is 5.88 Å². The molecule has 1 aromatic rings. The Labute approximate surface area is 103 Å². The predicted octanol–water partition coefficient (Wildman–Crippen LogP) is 1.80. The molecule has 5 nitrogen and oxygen atoms in total. The molecule has 1 aromatic heterocycles. The number of carbonyl (C=O) groups is 1. The molecule has 1 N–H and O–H groups in total. The molecule has 0 spiro atoms. The van der Waals surface area contributed by atoms with E-state index in [-0.39, 0.29) is 11.4 Å². The maximum atomic E-state index is 12.0. The standard InChI is InChI=1S/C9H7ClF3NO4/c1-17-8(16)7-4(3-10)5(15)2-6(14-7)18-9(11,12)13/h2H,3H2,1H3,(H,14,15). The molecule has 0 fully saturated rings. The first kappa shape index (κ1) is 14.4. The monoisotopic (exact) mass is 285 g/mol.